The Morgan fingerprint density at radius 2 is 1.80 bits per heavy atom. The molecule has 6 nitrogen and oxygen atoms in total. The number of thioether (sulfide) groups is 1. The predicted molar refractivity (Wildman–Crippen MR) is 168 cm³/mol. The number of carbonyl (C=O) groups excluding carboxylic acids is 1. The number of ether oxygens (including phenoxy) is 2. The van der Waals surface area contributed by atoms with E-state index in [1.54, 1.807) is 17.8 Å². The van der Waals surface area contributed by atoms with Crippen LogP contribution in [0.15, 0.2) is 60.7 Å². The second-order valence-corrected chi connectivity index (χ2v) is 11.2. The summed E-state index contributed by atoms with van der Waals surface area (Å²) >= 11 is 1.55. The van der Waals surface area contributed by atoms with Crippen molar-refractivity contribution >= 4 is 23.6 Å². The number of amides is 1. The molecule has 0 aliphatic carbocycles. The summed E-state index contributed by atoms with van der Waals surface area (Å²) in [6.07, 6.45) is 5.72. The van der Waals surface area contributed by atoms with E-state index < -0.39 is 17.9 Å². The number of rotatable bonds is 12. The Bertz CT molecular complexity index is 1310. The highest BCUT2D eigenvalue weighted by Crippen LogP contribution is 2.31. The van der Waals surface area contributed by atoms with E-state index in [4.69, 9.17) is 9.47 Å². The lowest BCUT2D eigenvalue weighted by molar-refractivity contribution is -0.139. The minimum atomic E-state index is -1.03. The summed E-state index contributed by atoms with van der Waals surface area (Å²) in [5.41, 5.74) is 6.40. The van der Waals surface area contributed by atoms with Crippen molar-refractivity contribution in [3.63, 3.8) is 0 Å². The number of carboxylic acid groups (broad SMARTS) is 1. The molecule has 0 saturated carbocycles. The molecule has 0 fully saturated rings. The zero-order valence-corrected chi connectivity index (χ0v) is 25.7. The van der Waals surface area contributed by atoms with Gasteiger partial charge in [-0.2, -0.15) is 11.8 Å². The van der Waals surface area contributed by atoms with Gasteiger partial charge >= 0.3 is 5.97 Å². The molecular weight excluding hydrogens is 534 g/mol. The molecule has 220 valence electrons. The maximum atomic E-state index is 13.3. The topological polar surface area (TPSA) is 84.9 Å². The molecule has 0 bridgehead atoms. The molecule has 7 heteroatoms. The van der Waals surface area contributed by atoms with Crippen molar-refractivity contribution in [1.82, 2.24) is 5.32 Å². The molecule has 0 spiro atoms. The van der Waals surface area contributed by atoms with Crippen LogP contribution in [-0.2, 0) is 22.6 Å². The molecule has 2 unspecified atom stereocenters. The summed E-state index contributed by atoms with van der Waals surface area (Å²) in [6.45, 7) is 9.49. The summed E-state index contributed by atoms with van der Waals surface area (Å²) < 4.78 is 11.8. The second-order valence-electron chi connectivity index (χ2n) is 10.3. The van der Waals surface area contributed by atoms with Gasteiger partial charge in [0.15, 0.2) is 0 Å². The smallest absolute Gasteiger partial charge is 0.326 e. The van der Waals surface area contributed by atoms with Gasteiger partial charge in [0.05, 0.1) is 19.3 Å². The van der Waals surface area contributed by atoms with Crippen molar-refractivity contribution in [2.24, 2.45) is 0 Å². The average Bonchev–Trinajstić information content (AvgIpc) is 3.46. The number of nitrogens with one attached hydrogen (secondary N) is 1. The number of benzene rings is 3. The lowest BCUT2D eigenvalue weighted by atomic mass is 9.93. The van der Waals surface area contributed by atoms with E-state index >= 15 is 0 Å². The van der Waals surface area contributed by atoms with Crippen molar-refractivity contribution in [3.05, 3.63) is 88.5 Å². The second kappa shape index (κ2) is 16.2. The van der Waals surface area contributed by atoms with Crippen LogP contribution in [0.2, 0.25) is 0 Å². The van der Waals surface area contributed by atoms with E-state index in [1.165, 1.54) is 18.4 Å². The minimum absolute atomic E-state index is 0.108. The van der Waals surface area contributed by atoms with E-state index in [9.17, 15) is 14.7 Å². The minimum Gasteiger partial charge on any atom is -0.493 e. The number of aliphatic carboxylic acids is 1. The predicted octanol–water partition coefficient (Wildman–Crippen LogP) is 7.62. The fourth-order valence-electron chi connectivity index (χ4n) is 4.48. The third-order valence-electron chi connectivity index (χ3n) is 7.16. The molecule has 1 aliphatic rings. The molecule has 1 heterocycles. The standard InChI is InChI=1S/C30H33NO5S.C4H10/c1-19-6-4-5-7-24(19)26-16-21(8-10-25(26)29(32)31-27(30(33)34)13-15-37-3)18-36-20(2)22-9-11-28-23(17-22)12-14-35-28;1-3-4-2/h4-11,16-17,20,27H,12-15,18H2,1-3H3,(H,31,32)(H,33,34);3-4H2,1-2H3. The van der Waals surface area contributed by atoms with Crippen LogP contribution in [-0.4, -0.2) is 41.6 Å². The van der Waals surface area contributed by atoms with Crippen molar-refractivity contribution in [3.8, 4) is 16.9 Å². The van der Waals surface area contributed by atoms with Crippen LogP contribution in [0.5, 0.6) is 5.75 Å². The maximum absolute atomic E-state index is 13.3. The van der Waals surface area contributed by atoms with Gasteiger partial charge in [-0.25, -0.2) is 4.79 Å². The van der Waals surface area contributed by atoms with Crippen molar-refractivity contribution in [2.45, 2.75) is 72.1 Å². The van der Waals surface area contributed by atoms with Crippen LogP contribution in [0.25, 0.3) is 11.1 Å². The monoisotopic (exact) mass is 577 g/mol. The quantitative estimate of drug-likeness (QED) is 0.230. The highest BCUT2D eigenvalue weighted by molar-refractivity contribution is 7.98. The van der Waals surface area contributed by atoms with Gasteiger partial charge in [0.1, 0.15) is 11.8 Å². The number of hydrogen-bond donors (Lipinski definition) is 2. The van der Waals surface area contributed by atoms with Crippen LogP contribution in [0.4, 0.5) is 0 Å². The summed E-state index contributed by atoms with van der Waals surface area (Å²) in [5, 5.41) is 12.3. The Labute approximate surface area is 248 Å². The zero-order valence-electron chi connectivity index (χ0n) is 24.9. The first-order valence-corrected chi connectivity index (χ1v) is 15.8. The summed E-state index contributed by atoms with van der Waals surface area (Å²) in [6, 6.07) is 18.7. The molecule has 0 aromatic heterocycles. The number of unbranched alkanes of at least 4 members (excludes halogenated alkanes) is 1. The fraction of sp³-hybridized carbons (Fsp3) is 0.412. The van der Waals surface area contributed by atoms with Crippen LogP contribution >= 0.6 is 11.8 Å². The van der Waals surface area contributed by atoms with Crippen molar-refractivity contribution in [2.75, 3.05) is 18.6 Å². The average molecular weight is 578 g/mol. The van der Waals surface area contributed by atoms with Crippen LogP contribution in [0.3, 0.4) is 0 Å². The third kappa shape index (κ3) is 9.10. The Kier molecular flexibility index (Phi) is 12.8. The lowest BCUT2D eigenvalue weighted by Gasteiger charge is -2.18. The molecule has 0 radical (unpaired) electrons. The van der Waals surface area contributed by atoms with Crippen LogP contribution in [0.1, 0.15) is 78.7 Å². The first-order valence-electron chi connectivity index (χ1n) is 14.4. The molecule has 0 saturated heterocycles. The number of carboxylic acids is 1. The molecule has 1 aliphatic heterocycles. The number of aryl methyl sites for hydroxylation is 1. The molecule has 1 amide bonds. The molecule has 3 aromatic carbocycles. The van der Waals surface area contributed by atoms with Gasteiger partial charge in [-0.1, -0.05) is 63.1 Å². The highest BCUT2D eigenvalue weighted by atomic mass is 32.2. The van der Waals surface area contributed by atoms with Crippen LogP contribution < -0.4 is 10.1 Å². The van der Waals surface area contributed by atoms with E-state index in [2.05, 4.69) is 25.2 Å². The number of fused-ring (bicyclic) bond motifs is 1. The van der Waals surface area contributed by atoms with E-state index in [0.717, 1.165) is 46.6 Å². The Hall–Kier alpha value is -3.29. The largest absolute Gasteiger partial charge is 0.493 e. The molecule has 41 heavy (non-hydrogen) atoms. The lowest BCUT2D eigenvalue weighted by Crippen LogP contribution is -2.41. The van der Waals surface area contributed by atoms with Gasteiger partial charge in [-0.15, -0.1) is 0 Å². The molecule has 2 atom stereocenters. The van der Waals surface area contributed by atoms with Gasteiger partial charge < -0.3 is 19.9 Å². The molecule has 2 N–H and O–H groups in total. The van der Waals surface area contributed by atoms with Gasteiger partial charge in [0, 0.05) is 12.0 Å². The molecule has 4 rings (SSSR count). The highest BCUT2D eigenvalue weighted by Gasteiger charge is 2.23. The SMILES string of the molecule is CCCC.CSCCC(NC(=O)c1ccc(COC(C)c2ccc3c(c2)CCO3)cc1-c1ccccc1C)C(=O)O. The van der Waals surface area contributed by atoms with E-state index in [1.807, 2.05) is 68.6 Å². The van der Waals surface area contributed by atoms with Gasteiger partial charge in [-0.05, 0) is 89.9 Å². The van der Waals surface area contributed by atoms with Crippen LogP contribution in [0, 0.1) is 6.92 Å². The van der Waals surface area contributed by atoms with Gasteiger partial charge in [0.2, 0.25) is 0 Å². The first kappa shape index (κ1) is 32.2. The molecular formula is C34H43NO5S. The summed E-state index contributed by atoms with van der Waals surface area (Å²) in [5.74, 6) is 0.171. The number of carbonyl (C=O) groups is 2. The molecule has 3 aromatic rings. The number of hydrogen-bond acceptors (Lipinski definition) is 5. The zero-order chi connectivity index (χ0) is 29.8. The van der Waals surface area contributed by atoms with Crippen molar-refractivity contribution < 1.29 is 24.2 Å². The van der Waals surface area contributed by atoms with Gasteiger partial charge in [0.25, 0.3) is 5.91 Å². The normalized spacial score (nSPS) is 13.3. The Morgan fingerprint density at radius 3 is 2.49 bits per heavy atom. The van der Waals surface area contributed by atoms with E-state index in [0.29, 0.717) is 24.3 Å². The summed E-state index contributed by atoms with van der Waals surface area (Å²) in [4.78, 5) is 25.0. The Morgan fingerprint density at radius 1 is 1.05 bits per heavy atom. The van der Waals surface area contributed by atoms with Crippen molar-refractivity contribution in [1.29, 1.82) is 0 Å². The fourth-order valence-corrected chi connectivity index (χ4v) is 4.95. The van der Waals surface area contributed by atoms with E-state index in [-0.39, 0.29) is 6.10 Å². The first-order chi connectivity index (χ1) is 19.8. The summed E-state index contributed by atoms with van der Waals surface area (Å²) in [7, 11) is 0. The van der Waals surface area contributed by atoms with Gasteiger partial charge in [-0.3, -0.25) is 4.79 Å². The Balaban J connectivity index is 0.00000108. The maximum Gasteiger partial charge on any atom is 0.326 e. The third-order valence-corrected chi connectivity index (χ3v) is 7.80.